The molecule has 5 nitrogen and oxygen atoms in total. The largest absolute Gasteiger partial charge is 0.349 e. The summed E-state index contributed by atoms with van der Waals surface area (Å²) in [5.41, 5.74) is 0.990. The van der Waals surface area contributed by atoms with Crippen LogP contribution in [-0.2, 0) is 4.79 Å². The second kappa shape index (κ2) is 6.27. The first-order chi connectivity index (χ1) is 7.65. The molecule has 0 saturated carbocycles. The Morgan fingerprint density at radius 3 is 2.88 bits per heavy atom. The van der Waals surface area contributed by atoms with Gasteiger partial charge in [-0.25, -0.2) is 0 Å². The smallest absolute Gasteiger partial charge is 0.224 e. The molecular weight excluding hydrogens is 204 g/mol. The Balaban J connectivity index is 2.39. The number of aromatic amines is 1. The summed E-state index contributed by atoms with van der Waals surface area (Å²) in [6.45, 7) is 7.48. The van der Waals surface area contributed by atoms with Gasteiger partial charge in [0.1, 0.15) is 0 Å². The summed E-state index contributed by atoms with van der Waals surface area (Å²) in [7, 11) is 0. The normalized spacial score (nSPS) is 14.4. The molecular formula is C11H20N4O. The van der Waals surface area contributed by atoms with E-state index >= 15 is 0 Å². The van der Waals surface area contributed by atoms with Crippen LogP contribution in [-0.4, -0.2) is 29.2 Å². The summed E-state index contributed by atoms with van der Waals surface area (Å²) in [6, 6.07) is -0.00433. The van der Waals surface area contributed by atoms with Gasteiger partial charge in [0.25, 0.3) is 0 Å². The van der Waals surface area contributed by atoms with Gasteiger partial charge in [-0.3, -0.25) is 9.89 Å². The van der Waals surface area contributed by atoms with Crippen LogP contribution in [0.1, 0.15) is 32.4 Å². The van der Waals surface area contributed by atoms with Crippen LogP contribution in [0, 0.1) is 5.92 Å². The van der Waals surface area contributed by atoms with E-state index in [2.05, 4.69) is 20.8 Å². The molecule has 0 fully saturated rings. The van der Waals surface area contributed by atoms with E-state index in [9.17, 15) is 4.79 Å². The maximum atomic E-state index is 11.8. The van der Waals surface area contributed by atoms with E-state index in [0.29, 0.717) is 6.54 Å². The first-order valence-electron chi connectivity index (χ1n) is 5.65. The standard InChI is InChI=1S/C11H20N4O/c1-4-12-5-8(2)11(16)15-9(3)10-6-13-14-7-10/h6-9,12H,4-5H2,1-3H3,(H,13,14)(H,15,16). The number of hydrogen-bond donors (Lipinski definition) is 3. The van der Waals surface area contributed by atoms with Crippen LogP contribution in [0.15, 0.2) is 12.4 Å². The van der Waals surface area contributed by atoms with Crippen molar-refractivity contribution in [2.75, 3.05) is 13.1 Å². The predicted octanol–water partition coefficient (Wildman–Crippen LogP) is 0.832. The summed E-state index contributed by atoms with van der Waals surface area (Å²) in [4.78, 5) is 11.8. The van der Waals surface area contributed by atoms with E-state index in [-0.39, 0.29) is 17.9 Å². The Morgan fingerprint density at radius 1 is 1.56 bits per heavy atom. The Morgan fingerprint density at radius 2 is 2.31 bits per heavy atom. The zero-order chi connectivity index (χ0) is 12.0. The molecule has 0 saturated heterocycles. The van der Waals surface area contributed by atoms with Crippen molar-refractivity contribution in [3.8, 4) is 0 Å². The summed E-state index contributed by atoms with van der Waals surface area (Å²) in [5, 5.41) is 12.7. The van der Waals surface area contributed by atoms with Crippen LogP contribution in [0.5, 0.6) is 0 Å². The Kier molecular flexibility index (Phi) is 4.98. The van der Waals surface area contributed by atoms with Crippen LogP contribution in [0.3, 0.4) is 0 Å². The van der Waals surface area contributed by atoms with E-state index in [0.717, 1.165) is 12.1 Å². The lowest BCUT2D eigenvalue weighted by Crippen LogP contribution is -2.36. The Labute approximate surface area is 96.0 Å². The van der Waals surface area contributed by atoms with Gasteiger partial charge in [-0.1, -0.05) is 13.8 Å². The molecule has 0 spiro atoms. The number of rotatable bonds is 6. The number of H-pyrrole nitrogens is 1. The van der Waals surface area contributed by atoms with Gasteiger partial charge >= 0.3 is 0 Å². The summed E-state index contributed by atoms with van der Waals surface area (Å²) in [6.07, 6.45) is 3.51. The molecule has 0 radical (unpaired) electrons. The molecule has 1 rings (SSSR count). The fraction of sp³-hybridized carbons (Fsp3) is 0.636. The number of amides is 1. The highest BCUT2D eigenvalue weighted by Crippen LogP contribution is 2.09. The van der Waals surface area contributed by atoms with Crippen LogP contribution in [0.2, 0.25) is 0 Å². The van der Waals surface area contributed by atoms with Gasteiger partial charge in [-0.2, -0.15) is 5.10 Å². The number of carbonyl (C=O) groups excluding carboxylic acids is 1. The second-order valence-corrected chi connectivity index (χ2v) is 3.97. The molecule has 1 aromatic heterocycles. The van der Waals surface area contributed by atoms with E-state index < -0.39 is 0 Å². The van der Waals surface area contributed by atoms with Crippen molar-refractivity contribution in [2.45, 2.75) is 26.8 Å². The van der Waals surface area contributed by atoms with Crippen molar-refractivity contribution in [3.63, 3.8) is 0 Å². The third-order valence-electron chi connectivity index (χ3n) is 2.53. The van der Waals surface area contributed by atoms with Crippen molar-refractivity contribution in [3.05, 3.63) is 18.0 Å². The molecule has 0 aromatic carbocycles. The molecule has 16 heavy (non-hydrogen) atoms. The minimum absolute atomic E-state index is 0.00433. The quantitative estimate of drug-likeness (QED) is 0.670. The zero-order valence-electron chi connectivity index (χ0n) is 10.1. The number of carbonyl (C=O) groups is 1. The predicted molar refractivity (Wildman–Crippen MR) is 62.9 cm³/mol. The van der Waals surface area contributed by atoms with E-state index in [1.165, 1.54) is 0 Å². The molecule has 0 aliphatic carbocycles. The number of nitrogens with zero attached hydrogens (tertiary/aromatic N) is 1. The van der Waals surface area contributed by atoms with Gasteiger partial charge in [0.15, 0.2) is 0 Å². The third-order valence-corrected chi connectivity index (χ3v) is 2.53. The van der Waals surface area contributed by atoms with Gasteiger partial charge in [-0.05, 0) is 13.5 Å². The number of nitrogens with one attached hydrogen (secondary N) is 3. The van der Waals surface area contributed by atoms with Gasteiger partial charge in [0.2, 0.25) is 5.91 Å². The molecule has 2 atom stereocenters. The first kappa shape index (κ1) is 12.7. The van der Waals surface area contributed by atoms with E-state index in [1.807, 2.05) is 20.8 Å². The number of aromatic nitrogens is 2. The van der Waals surface area contributed by atoms with Crippen LogP contribution in [0.25, 0.3) is 0 Å². The molecule has 1 amide bonds. The molecule has 1 aromatic rings. The van der Waals surface area contributed by atoms with Gasteiger partial charge in [-0.15, -0.1) is 0 Å². The summed E-state index contributed by atoms with van der Waals surface area (Å²) < 4.78 is 0. The molecule has 2 unspecified atom stereocenters. The lowest BCUT2D eigenvalue weighted by atomic mass is 10.1. The molecule has 0 bridgehead atoms. The summed E-state index contributed by atoms with van der Waals surface area (Å²) in [5.74, 6) is 0.0453. The minimum Gasteiger partial charge on any atom is -0.349 e. The second-order valence-electron chi connectivity index (χ2n) is 3.97. The van der Waals surface area contributed by atoms with E-state index in [1.54, 1.807) is 12.4 Å². The van der Waals surface area contributed by atoms with E-state index in [4.69, 9.17) is 0 Å². The first-order valence-corrected chi connectivity index (χ1v) is 5.65. The monoisotopic (exact) mass is 224 g/mol. The van der Waals surface area contributed by atoms with Crippen LogP contribution < -0.4 is 10.6 Å². The average Bonchev–Trinajstić information content (AvgIpc) is 2.79. The highest BCUT2D eigenvalue weighted by atomic mass is 16.1. The maximum absolute atomic E-state index is 11.8. The average molecular weight is 224 g/mol. The van der Waals surface area contributed by atoms with Crippen molar-refractivity contribution in [1.29, 1.82) is 0 Å². The molecule has 90 valence electrons. The van der Waals surface area contributed by atoms with Crippen LogP contribution in [0.4, 0.5) is 0 Å². The zero-order valence-corrected chi connectivity index (χ0v) is 10.1. The molecule has 0 aliphatic heterocycles. The minimum atomic E-state index is -0.0192. The van der Waals surface area contributed by atoms with Crippen LogP contribution >= 0.6 is 0 Å². The van der Waals surface area contributed by atoms with Crippen molar-refractivity contribution in [2.24, 2.45) is 5.92 Å². The fourth-order valence-corrected chi connectivity index (χ4v) is 1.39. The maximum Gasteiger partial charge on any atom is 0.224 e. The van der Waals surface area contributed by atoms with Crippen molar-refractivity contribution >= 4 is 5.91 Å². The Hall–Kier alpha value is -1.36. The fourth-order valence-electron chi connectivity index (χ4n) is 1.39. The molecule has 5 heteroatoms. The highest BCUT2D eigenvalue weighted by Gasteiger charge is 2.15. The molecule has 1 heterocycles. The lowest BCUT2D eigenvalue weighted by molar-refractivity contribution is -0.125. The number of hydrogen-bond acceptors (Lipinski definition) is 3. The van der Waals surface area contributed by atoms with Crippen molar-refractivity contribution < 1.29 is 4.79 Å². The van der Waals surface area contributed by atoms with Gasteiger partial charge in [0, 0.05) is 24.2 Å². The third kappa shape index (κ3) is 3.66. The highest BCUT2D eigenvalue weighted by molar-refractivity contribution is 5.78. The summed E-state index contributed by atoms with van der Waals surface area (Å²) >= 11 is 0. The molecule has 3 N–H and O–H groups in total. The lowest BCUT2D eigenvalue weighted by Gasteiger charge is -2.16. The molecule has 0 aliphatic rings. The van der Waals surface area contributed by atoms with Gasteiger partial charge < -0.3 is 10.6 Å². The Bertz CT molecular complexity index is 310. The van der Waals surface area contributed by atoms with Crippen molar-refractivity contribution in [1.82, 2.24) is 20.8 Å². The SMILES string of the molecule is CCNCC(C)C(=O)NC(C)c1cn[nH]c1. The topological polar surface area (TPSA) is 69.8 Å². The van der Waals surface area contributed by atoms with Gasteiger partial charge in [0.05, 0.1) is 12.2 Å².